The van der Waals surface area contributed by atoms with Crippen molar-refractivity contribution in [2.75, 3.05) is 0 Å². The minimum atomic E-state index is -4.47. The Kier molecular flexibility index (Phi) is 4.99. The van der Waals surface area contributed by atoms with Gasteiger partial charge in [0.25, 0.3) is 0 Å². The number of alkyl halides is 4. The fourth-order valence-corrected chi connectivity index (χ4v) is 2.70. The van der Waals surface area contributed by atoms with Gasteiger partial charge in [0.1, 0.15) is 11.5 Å². The molecule has 112 valence electrons. The summed E-state index contributed by atoms with van der Waals surface area (Å²) in [5.74, 6) is 0.134. The Hall–Kier alpha value is -1.01. The number of benzene rings is 2. The van der Waals surface area contributed by atoms with Crippen LogP contribution in [0.15, 0.2) is 40.9 Å². The van der Waals surface area contributed by atoms with Crippen LogP contribution in [0.2, 0.25) is 0 Å². The molecule has 0 aliphatic carbocycles. The maximum absolute atomic E-state index is 13.1. The molecule has 0 aromatic heterocycles. The molecule has 0 bridgehead atoms. The summed E-state index contributed by atoms with van der Waals surface area (Å²) in [6.07, 6.45) is -4.47. The molecule has 0 atom stereocenters. The van der Waals surface area contributed by atoms with E-state index in [0.717, 1.165) is 11.6 Å². The Morgan fingerprint density at radius 2 is 1.71 bits per heavy atom. The van der Waals surface area contributed by atoms with Crippen molar-refractivity contribution in [1.29, 1.82) is 0 Å². The van der Waals surface area contributed by atoms with E-state index in [1.54, 1.807) is 24.3 Å². The monoisotopic (exact) mass is 422 g/mol. The molecule has 21 heavy (non-hydrogen) atoms. The molecule has 1 nitrogen and oxygen atoms in total. The first-order chi connectivity index (χ1) is 9.81. The lowest BCUT2D eigenvalue weighted by atomic mass is 10.1. The highest BCUT2D eigenvalue weighted by atomic mass is 79.9. The van der Waals surface area contributed by atoms with E-state index in [1.807, 2.05) is 6.92 Å². The fraction of sp³-hybridized carbons (Fsp3) is 0.200. The summed E-state index contributed by atoms with van der Waals surface area (Å²) in [6.45, 7) is 1.89. The van der Waals surface area contributed by atoms with E-state index in [0.29, 0.717) is 21.1 Å². The van der Waals surface area contributed by atoms with E-state index >= 15 is 0 Å². The van der Waals surface area contributed by atoms with Crippen molar-refractivity contribution < 1.29 is 17.9 Å². The van der Waals surface area contributed by atoms with Crippen LogP contribution in [0.3, 0.4) is 0 Å². The minimum Gasteiger partial charge on any atom is -0.456 e. The van der Waals surface area contributed by atoms with Crippen LogP contribution in [-0.2, 0) is 11.5 Å². The second-order valence-corrected chi connectivity index (χ2v) is 5.91. The van der Waals surface area contributed by atoms with Crippen molar-refractivity contribution in [2.45, 2.75) is 18.4 Å². The Morgan fingerprint density at radius 3 is 2.29 bits per heavy atom. The van der Waals surface area contributed by atoms with Gasteiger partial charge >= 0.3 is 6.18 Å². The number of hydrogen-bond donors (Lipinski definition) is 0. The molecule has 0 saturated carbocycles. The summed E-state index contributed by atoms with van der Waals surface area (Å²) in [5.41, 5.74) is 0.740. The zero-order chi connectivity index (χ0) is 15.6. The van der Waals surface area contributed by atoms with Gasteiger partial charge in [-0.1, -0.05) is 28.1 Å². The first-order valence-corrected chi connectivity index (χ1v) is 7.93. The molecule has 0 radical (unpaired) electrons. The van der Waals surface area contributed by atoms with Crippen molar-refractivity contribution in [3.8, 4) is 11.5 Å². The van der Waals surface area contributed by atoms with Crippen LogP contribution in [-0.4, -0.2) is 0 Å². The van der Waals surface area contributed by atoms with Gasteiger partial charge in [-0.15, -0.1) is 0 Å². The van der Waals surface area contributed by atoms with Gasteiger partial charge in [0.05, 0.1) is 10.0 Å². The average molecular weight is 424 g/mol. The first-order valence-electron chi connectivity index (χ1n) is 6.01. The lowest BCUT2D eigenvalue weighted by Gasteiger charge is -2.15. The molecule has 0 unspecified atom stereocenters. The van der Waals surface area contributed by atoms with Crippen molar-refractivity contribution in [2.24, 2.45) is 0 Å². The smallest absolute Gasteiger partial charge is 0.419 e. The molecule has 6 heteroatoms. The lowest BCUT2D eigenvalue weighted by Crippen LogP contribution is -2.08. The van der Waals surface area contributed by atoms with Gasteiger partial charge in [0.15, 0.2) is 0 Å². The quantitative estimate of drug-likeness (QED) is 0.514. The van der Waals surface area contributed by atoms with E-state index in [-0.39, 0.29) is 5.75 Å². The molecule has 0 saturated heterocycles. The van der Waals surface area contributed by atoms with Crippen LogP contribution in [0.25, 0.3) is 0 Å². The highest BCUT2D eigenvalue weighted by Gasteiger charge is 2.35. The van der Waals surface area contributed by atoms with Crippen molar-refractivity contribution >= 4 is 31.9 Å². The lowest BCUT2D eigenvalue weighted by molar-refractivity contribution is -0.138. The number of rotatable bonds is 3. The van der Waals surface area contributed by atoms with E-state index in [2.05, 4.69) is 31.9 Å². The van der Waals surface area contributed by atoms with E-state index in [1.165, 1.54) is 6.07 Å². The third kappa shape index (κ3) is 4.01. The average Bonchev–Trinajstić information content (AvgIpc) is 2.41. The number of halogens is 5. The first kappa shape index (κ1) is 16.4. The predicted molar refractivity (Wildman–Crippen MR) is 83.0 cm³/mol. The third-order valence-corrected chi connectivity index (χ3v) is 4.08. The summed E-state index contributed by atoms with van der Waals surface area (Å²) >= 11 is 6.45. The van der Waals surface area contributed by atoms with Gasteiger partial charge in [0.2, 0.25) is 0 Å². The molecule has 0 aliphatic heterocycles. The zero-order valence-electron chi connectivity index (χ0n) is 11.0. The van der Waals surface area contributed by atoms with Crippen LogP contribution in [0.4, 0.5) is 13.2 Å². The molecular formula is C15H11Br2F3O. The molecule has 0 fully saturated rings. The van der Waals surface area contributed by atoms with Gasteiger partial charge in [-0.2, -0.15) is 13.2 Å². The summed E-state index contributed by atoms with van der Waals surface area (Å²) in [5, 5.41) is 0.352. The van der Waals surface area contributed by atoms with E-state index in [9.17, 15) is 13.2 Å². The molecule has 0 heterocycles. The maximum atomic E-state index is 13.1. The third-order valence-electron chi connectivity index (χ3n) is 2.81. The normalized spacial score (nSPS) is 11.5. The van der Waals surface area contributed by atoms with Gasteiger partial charge in [-0.25, -0.2) is 0 Å². The molecule has 2 rings (SSSR count). The summed E-state index contributed by atoms with van der Waals surface area (Å²) in [6, 6.07) is 9.23. The Labute approximate surface area is 137 Å². The van der Waals surface area contributed by atoms with Gasteiger partial charge < -0.3 is 4.74 Å². The minimum absolute atomic E-state index is 0.211. The van der Waals surface area contributed by atoms with Crippen molar-refractivity contribution in [3.05, 3.63) is 57.6 Å². The Balaban J connectivity index is 2.44. The van der Waals surface area contributed by atoms with E-state index < -0.39 is 11.7 Å². The predicted octanol–water partition coefficient (Wildman–Crippen LogP) is 6.46. The molecule has 2 aromatic carbocycles. The van der Waals surface area contributed by atoms with Crippen LogP contribution >= 0.6 is 31.9 Å². The second kappa shape index (κ2) is 6.40. The van der Waals surface area contributed by atoms with Crippen molar-refractivity contribution in [3.63, 3.8) is 0 Å². The summed E-state index contributed by atoms with van der Waals surface area (Å²) in [4.78, 5) is 0. The fourth-order valence-electron chi connectivity index (χ4n) is 1.78. The zero-order valence-corrected chi connectivity index (χ0v) is 14.1. The van der Waals surface area contributed by atoms with Gasteiger partial charge in [0, 0.05) is 5.33 Å². The van der Waals surface area contributed by atoms with Crippen molar-refractivity contribution in [1.82, 2.24) is 0 Å². The maximum Gasteiger partial charge on any atom is 0.419 e. The molecule has 0 aliphatic rings. The highest BCUT2D eigenvalue weighted by Crippen LogP contribution is 2.40. The van der Waals surface area contributed by atoms with Gasteiger partial charge in [-0.05, 0) is 58.2 Å². The molecule has 0 spiro atoms. The largest absolute Gasteiger partial charge is 0.456 e. The van der Waals surface area contributed by atoms with Crippen LogP contribution < -0.4 is 4.74 Å². The number of hydrogen-bond acceptors (Lipinski definition) is 1. The molecule has 0 amide bonds. The van der Waals surface area contributed by atoms with E-state index in [4.69, 9.17) is 4.74 Å². The Bertz CT molecular complexity index is 654. The Morgan fingerprint density at radius 1 is 1.05 bits per heavy atom. The van der Waals surface area contributed by atoms with Crippen LogP contribution in [0, 0.1) is 6.92 Å². The highest BCUT2D eigenvalue weighted by molar-refractivity contribution is 9.10. The topological polar surface area (TPSA) is 9.23 Å². The SMILES string of the molecule is Cc1ccc(Oc2ccc(CBr)cc2C(F)(F)F)c(Br)c1. The molecule has 2 aromatic rings. The number of aryl methyl sites for hydroxylation is 1. The standard InChI is InChI=1S/C15H11Br2F3O/c1-9-2-4-14(12(17)6-9)21-13-5-3-10(8-16)7-11(13)15(18,19)20/h2-7H,8H2,1H3. The molecular weight excluding hydrogens is 413 g/mol. The molecule has 0 N–H and O–H groups in total. The summed E-state index contributed by atoms with van der Waals surface area (Å²) < 4.78 is 45.4. The van der Waals surface area contributed by atoms with Crippen LogP contribution in [0.5, 0.6) is 11.5 Å². The summed E-state index contributed by atoms with van der Waals surface area (Å²) in [7, 11) is 0. The van der Waals surface area contributed by atoms with Gasteiger partial charge in [-0.3, -0.25) is 0 Å². The number of ether oxygens (including phenoxy) is 1. The second-order valence-electron chi connectivity index (χ2n) is 4.50. The van der Waals surface area contributed by atoms with Crippen LogP contribution in [0.1, 0.15) is 16.7 Å².